The molecule has 4 aromatic rings. The number of amides is 2. The van der Waals surface area contributed by atoms with Gasteiger partial charge in [-0.15, -0.1) is 0 Å². The van der Waals surface area contributed by atoms with Crippen molar-refractivity contribution in [3.05, 3.63) is 72.4 Å². The van der Waals surface area contributed by atoms with Crippen molar-refractivity contribution in [2.75, 3.05) is 69.1 Å². The molecule has 1 saturated heterocycles. The van der Waals surface area contributed by atoms with Crippen LogP contribution in [0.15, 0.2) is 66.7 Å². The second kappa shape index (κ2) is 12.2. The highest BCUT2D eigenvalue weighted by atomic mass is 16.5. The van der Waals surface area contributed by atoms with E-state index in [-0.39, 0.29) is 11.4 Å². The highest BCUT2D eigenvalue weighted by Gasteiger charge is 2.22. The van der Waals surface area contributed by atoms with Gasteiger partial charge in [0.05, 0.1) is 30.3 Å². The van der Waals surface area contributed by atoms with Crippen LogP contribution in [0.3, 0.4) is 0 Å². The lowest BCUT2D eigenvalue weighted by molar-refractivity contribution is 0.0323. The molecule has 1 aliphatic heterocycles. The molecule has 9 nitrogen and oxygen atoms in total. The van der Waals surface area contributed by atoms with Crippen molar-refractivity contribution in [3.63, 3.8) is 0 Å². The maximum atomic E-state index is 13.4. The zero-order valence-electron chi connectivity index (χ0n) is 24.6. The lowest BCUT2D eigenvalue weighted by Gasteiger charge is -2.26. The Morgan fingerprint density at radius 2 is 1.73 bits per heavy atom. The summed E-state index contributed by atoms with van der Waals surface area (Å²) in [5.41, 5.74) is 3.31. The van der Waals surface area contributed by atoms with Crippen molar-refractivity contribution in [1.29, 1.82) is 0 Å². The predicted molar refractivity (Wildman–Crippen MR) is 166 cm³/mol. The predicted octanol–water partition coefficient (Wildman–Crippen LogP) is 5.74. The number of hydrogen-bond donors (Lipinski definition) is 2. The SMILES string of the molecule is CN(C)c1cccc(-n2nc(C(C)(C)C)cc2NC(=O)Nc2ccc(OCCN3CCOCC3)c3ccccc23)c1. The normalized spacial score (nSPS) is 14.2. The van der Waals surface area contributed by atoms with Crippen molar-refractivity contribution >= 4 is 34.0 Å². The van der Waals surface area contributed by atoms with E-state index in [1.54, 1.807) is 4.68 Å². The summed E-state index contributed by atoms with van der Waals surface area (Å²) in [6.45, 7) is 11.2. The summed E-state index contributed by atoms with van der Waals surface area (Å²) in [4.78, 5) is 17.7. The standard InChI is InChI=1S/C32H40N6O3/c1-32(2,3)29-22-30(38(35-29)24-10-8-9-23(21-24)36(4)5)34-31(39)33-27-13-14-28(26-12-7-6-11-25(26)27)41-20-17-37-15-18-40-19-16-37/h6-14,21-22H,15-20H2,1-5H3,(H2,33,34,39). The van der Waals surface area contributed by atoms with Crippen molar-refractivity contribution in [2.24, 2.45) is 0 Å². The Balaban J connectivity index is 1.35. The molecule has 0 unspecified atom stereocenters. The molecular weight excluding hydrogens is 516 g/mol. The van der Waals surface area contributed by atoms with Gasteiger partial charge in [-0.25, -0.2) is 9.48 Å². The third kappa shape index (κ3) is 6.81. The molecule has 1 aromatic heterocycles. The molecule has 1 fully saturated rings. The molecule has 2 heterocycles. The van der Waals surface area contributed by atoms with Crippen molar-refractivity contribution in [3.8, 4) is 11.4 Å². The number of aromatic nitrogens is 2. The van der Waals surface area contributed by atoms with Gasteiger partial charge in [0.25, 0.3) is 0 Å². The number of morpholine rings is 1. The number of hydrogen-bond acceptors (Lipinski definition) is 6. The average Bonchev–Trinajstić information content (AvgIpc) is 3.39. The van der Waals surface area contributed by atoms with Gasteiger partial charge in [0.15, 0.2) is 0 Å². The van der Waals surface area contributed by atoms with Gasteiger partial charge < -0.3 is 19.7 Å². The molecule has 1 aliphatic rings. The zero-order valence-corrected chi connectivity index (χ0v) is 24.6. The minimum Gasteiger partial charge on any atom is -0.492 e. The molecular formula is C32H40N6O3. The maximum absolute atomic E-state index is 13.4. The minimum atomic E-state index is -0.346. The van der Waals surface area contributed by atoms with E-state index in [1.807, 2.05) is 85.7 Å². The van der Waals surface area contributed by atoms with Gasteiger partial charge in [0.2, 0.25) is 0 Å². The number of rotatable bonds is 8. The van der Waals surface area contributed by atoms with Gasteiger partial charge >= 0.3 is 6.03 Å². The van der Waals surface area contributed by atoms with E-state index in [0.717, 1.165) is 66.4 Å². The highest BCUT2D eigenvalue weighted by Crippen LogP contribution is 2.32. The summed E-state index contributed by atoms with van der Waals surface area (Å²) in [6, 6.07) is 21.4. The van der Waals surface area contributed by atoms with Gasteiger partial charge in [0, 0.05) is 61.7 Å². The fraction of sp³-hybridized carbons (Fsp3) is 0.375. The molecule has 0 aliphatic carbocycles. The lowest BCUT2D eigenvalue weighted by Crippen LogP contribution is -2.38. The van der Waals surface area contributed by atoms with Gasteiger partial charge in [-0.05, 0) is 30.3 Å². The number of nitrogens with zero attached hydrogens (tertiary/aromatic N) is 4. The van der Waals surface area contributed by atoms with Crippen LogP contribution >= 0.6 is 0 Å². The summed E-state index contributed by atoms with van der Waals surface area (Å²) in [5, 5.41) is 12.8. The topological polar surface area (TPSA) is 83.9 Å². The lowest BCUT2D eigenvalue weighted by atomic mass is 9.92. The van der Waals surface area contributed by atoms with Crippen LogP contribution in [0.4, 0.5) is 22.0 Å². The van der Waals surface area contributed by atoms with Crippen LogP contribution in [0.25, 0.3) is 16.5 Å². The fourth-order valence-electron chi connectivity index (χ4n) is 4.82. The van der Waals surface area contributed by atoms with Crippen LogP contribution in [0, 0.1) is 0 Å². The van der Waals surface area contributed by atoms with E-state index in [4.69, 9.17) is 14.6 Å². The zero-order chi connectivity index (χ0) is 29.0. The Morgan fingerprint density at radius 1 is 0.976 bits per heavy atom. The van der Waals surface area contributed by atoms with E-state index in [1.165, 1.54) is 0 Å². The smallest absolute Gasteiger partial charge is 0.324 e. The van der Waals surface area contributed by atoms with Crippen molar-refractivity contribution < 1.29 is 14.3 Å². The summed E-state index contributed by atoms with van der Waals surface area (Å²) < 4.78 is 13.4. The number of carbonyl (C=O) groups is 1. The Bertz CT molecular complexity index is 1500. The van der Waals surface area contributed by atoms with E-state index >= 15 is 0 Å². The Hall–Kier alpha value is -4.08. The number of benzene rings is 3. The molecule has 41 heavy (non-hydrogen) atoms. The van der Waals surface area contributed by atoms with E-state index in [0.29, 0.717) is 18.1 Å². The first kappa shape index (κ1) is 28.4. The van der Waals surface area contributed by atoms with Crippen molar-refractivity contribution in [1.82, 2.24) is 14.7 Å². The highest BCUT2D eigenvalue weighted by molar-refractivity contribution is 6.07. The van der Waals surface area contributed by atoms with E-state index < -0.39 is 0 Å². The van der Waals surface area contributed by atoms with Crippen molar-refractivity contribution in [2.45, 2.75) is 26.2 Å². The van der Waals surface area contributed by atoms with E-state index in [9.17, 15) is 4.79 Å². The average molecular weight is 557 g/mol. The summed E-state index contributed by atoms with van der Waals surface area (Å²) in [6.07, 6.45) is 0. The summed E-state index contributed by atoms with van der Waals surface area (Å²) >= 11 is 0. The first-order valence-corrected chi connectivity index (χ1v) is 14.1. The molecule has 2 N–H and O–H groups in total. The van der Waals surface area contributed by atoms with Crippen LogP contribution in [-0.4, -0.2) is 74.3 Å². The number of ether oxygens (including phenoxy) is 2. The molecule has 0 bridgehead atoms. The molecule has 9 heteroatoms. The number of urea groups is 1. The van der Waals surface area contributed by atoms with E-state index in [2.05, 4.69) is 36.3 Å². The van der Waals surface area contributed by atoms with Gasteiger partial charge in [-0.1, -0.05) is 51.1 Å². The molecule has 216 valence electrons. The Kier molecular flexibility index (Phi) is 8.46. The second-order valence-corrected chi connectivity index (χ2v) is 11.5. The minimum absolute atomic E-state index is 0.189. The Labute approximate surface area is 242 Å². The van der Waals surface area contributed by atoms with Gasteiger partial charge in [-0.3, -0.25) is 10.2 Å². The number of carbonyl (C=O) groups excluding carboxylic acids is 1. The van der Waals surface area contributed by atoms with Crippen LogP contribution < -0.4 is 20.3 Å². The molecule has 2 amide bonds. The first-order chi connectivity index (χ1) is 19.7. The monoisotopic (exact) mass is 556 g/mol. The maximum Gasteiger partial charge on any atom is 0.324 e. The fourth-order valence-corrected chi connectivity index (χ4v) is 4.82. The third-order valence-corrected chi connectivity index (χ3v) is 7.21. The summed E-state index contributed by atoms with van der Waals surface area (Å²) in [7, 11) is 4.00. The van der Waals surface area contributed by atoms with Crippen LogP contribution in [-0.2, 0) is 10.2 Å². The number of fused-ring (bicyclic) bond motifs is 1. The van der Waals surface area contributed by atoms with Crippen LogP contribution in [0.5, 0.6) is 5.75 Å². The third-order valence-electron chi connectivity index (χ3n) is 7.21. The number of nitrogens with one attached hydrogen (secondary N) is 2. The number of anilines is 3. The Morgan fingerprint density at radius 3 is 2.46 bits per heavy atom. The van der Waals surface area contributed by atoms with Gasteiger partial charge in [-0.2, -0.15) is 5.10 Å². The molecule has 0 saturated carbocycles. The molecule has 0 radical (unpaired) electrons. The quantitative estimate of drug-likeness (QED) is 0.288. The van der Waals surface area contributed by atoms with Crippen LogP contribution in [0.2, 0.25) is 0 Å². The molecule has 3 aromatic carbocycles. The van der Waals surface area contributed by atoms with Gasteiger partial charge in [0.1, 0.15) is 18.2 Å². The molecule has 0 spiro atoms. The first-order valence-electron chi connectivity index (χ1n) is 14.1. The molecule has 5 rings (SSSR count). The van der Waals surface area contributed by atoms with Crippen LogP contribution in [0.1, 0.15) is 26.5 Å². The molecule has 0 atom stereocenters. The second-order valence-electron chi connectivity index (χ2n) is 11.5. The largest absolute Gasteiger partial charge is 0.492 e. The summed E-state index contributed by atoms with van der Waals surface area (Å²) in [5.74, 6) is 1.39.